The lowest BCUT2D eigenvalue weighted by Gasteiger charge is -2.14. The number of benzene rings is 2. The van der Waals surface area contributed by atoms with E-state index in [2.05, 4.69) is 13.0 Å². The van der Waals surface area contributed by atoms with Gasteiger partial charge in [-0.25, -0.2) is 0 Å². The summed E-state index contributed by atoms with van der Waals surface area (Å²) < 4.78 is 0. The Hall–Kier alpha value is -1.80. The van der Waals surface area contributed by atoms with Gasteiger partial charge in [-0.05, 0) is 55.0 Å². The zero-order valence-electron chi connectivity index (χ0n) is 12.3. The van der Waals surface area contributed by atoms with Crippen LogP contribution in [0.2, 0.25) is 5.02 Å². The Morgan fingerprint density at radius 1 is 1.10 bits per heavy atom. The number of hydrogen-bond donors (Lipinski definition) is 1. The van der Waals surface area contributed by atoms with Crippen LogP contribution in [0.1, 0.15) is 22.3 Å². The van der Waals surface area contributed by atoms with Crippen LogP contribution >= 0.6 is 11.6 Å². The molecule has 110 valence electrons. The zero-order valence-corrected chi connectivity index (χ0v) is 13.0. The van der Waals surface area contributed by atoms with Gasteiger partial charge in [0.2, 0.25) is 0 Å². The number of hydrogen-bond acceptors (Lipinski definition) is 1. The molecule has 1 unspecified atom stereocenters. The fraction of sp³-hybridized carbons (Fsp3) is 0.278. The maximum Gasteiger partial charge on any atom is 0.307 e. The molecular weight excluding hydrogens is 284 g/mol. The zero-order chi connectivity index (χ0) is 15.4. The van der Waals surface area contributed by atoms with Crippen molar-refractivity contribution in [3.63, 3.8) is 0 Å². The first-order valence-corrected chi connectivity index (χ1v) is 7.37. The van der Waals surface area contributed by atoms with Crippen LogP contribution in [0.3, 0.4) is 0 Å². The van der Waals surface area contributed by atoms with Crippen molar-refractivity contribution in [3.8, 4) is 0 Å². The van der Waals surface area contributed by atoms with Crippen LogP contribution in [-0.4, -0.2) is 11.1 Å². The second kappa shape index (κ2) is 6.77. The fourth-order valence-electron chi connectivity index (χ4n) is 2.39. The summed E-state index contributed by atoms with van der Waals surface area (Å²) in [6, 6.07) is 13.5. The van der Waals surface area contributed by atoms with Crippen molar-refractivity contribution in [2.75, 3.05) is 0 Å². The van der Waals surface area contributed by atoms with Crippen molar-refractivity contribution in [2.45, 2.75) is 26.7 Å². The highest BCUT2D eigenvalue weighted by atomic mass is 35.5. The molecule has 0 spiro atoms. The van der Waals surface area contributed by atoms with Gasteiger partial charge in [-0.3, -0.25) is 4.79 Å². The highest BCUT2D eigenvalue weighted by Gasteiger charge is 2.20. The summed E-state index contributed by atoms with van der Waals surface area (Å²) in [5, 5.41) is 10.1. The van der Waals surface area contributed by atoms with E-state index in [1.807, 2.05) is 37.3 Å². The molecule has 2 aromatic carbocycles. The van der Waals surface area contributed by atoms with Crippen molar-refractivity contribution in [3.05, 3.63) is 69.7 Å². The van der Waals surface area contributed by atoms with Gasteiger partial charge in [-0.2, -0.15) is 0 Å². The van der Waals surface area contributed by atoms with Crippen LogP contribution in [-0.2, 0) is 17.6 Å². The van der Waals surface area contributed by atoms with Crippen LogP contribution in [0.25, 0.3) is 0 Å². The third kappa shape index (κ3) is 4.08. The summed E-state index contributed by atoms with van der Waals surface area (Å²) in [7, 11) is 0. The molecule has 21 heavy (non-hydrogen) atoms. The second-order valence-corrected chi connectivity index (χ2v) is 5.86. The SMILES string of the molecule is Cc1ccc(CC(Cc2ccccc2Cl)C(=O)O)cc1C. The summed E-state index contributed by atoms with van der Waals surface area (Å²) >= 11 is 6.13. The summed E-state index contributed by atoms with van der Waals surface area (Å²) in [6.45, 7) is 4.10. The van der Waals surface area contributed by atoms with Crippen LogP contribution in [0, 0.1) is 19.8 Å². The van der Waals surface area contributed by atoms with E-state index in [0.29, 0.717) is 17.9 Å². The molecule has 0 heterocycles. The molecule has 0 aliphatic carbocycles. The molecule has 0 saturated carbocycles. The van der Waals surface area contributed by atoms with Gasteiger partial charge in [0.25, 0.3) is 0 Å². The first-order valence-electron chi connectivity index (χ1n) is 6.99. The molecule has 0 amide bonds. The highest BCUT2D eigenvalue weighted by molar-refractivity contribution is 6.31. The summed E-state index contributed by atoms with van der Waals surface area (Å²) in [6.07, 6.45) is 0.962. The standard InChI is InChI=1S/C18H19ClO2/c1-12-7-8-14(9-13(12)2)10-16(18(20)21)11-15-5-3-4-6-17(15)19/h3-9,16H,10-11H2,1-2H3,(H,20,21). The van der Waals surface area contributed by atoms with Gasteiger partial charge in [0.05, 0.1) is 5.92 Å². The van der Waals surface area contributed by atoms with Crippen LogP contribution in [0.5, 0.6) is 0 Å². The lowest BCUT2D eigenvalue weighted by atomic mass is 9.91. The Balaban J connectivity index is 2.18. The minimum absolute atomic E-state index is 0.446. The van der Waals surface area contributed by atoms with Crippen LogP contribution in [0.4, 0.5) is 0 Å². The molecule has 0 fully saturated rings. The van der Waals surface area contributed by atoms with Crippen LogP contribution in [0.15, 0.2) is 42.5 Å². The molecule has 2 rings (SSSR count). The van der Waals surface area contributed by atoms with Gasteiger partial charge in [0.15, 0.2) is 0 Å². The first-order chi connectivity index (χ1) is 9.97. The number of carboxylic acid groups (broad SMARTS) is 1. The average molecular weight is 303 g/mol. The Labute approximate surface area is 130 Å². The van der Waals surface area contributed by atoms with Gasteiger partial charge in [0, 0.05) is 5.02 Å². The number of aliphatic carboxylic acids is 1. The molecule has 0 bridgehead atoms. The van der Waals surface area contributed by atoms with Crippen molar-refractivity contribution >= 4 is 17.6 Å². The Kier molecular flexibility index (Phi) is 5.03. The molecule has 0 saturated heterocycles. The second-order valence-electron chi connectivity index (χ2n) is 5.45. The number of aryl methyl sites for hydroxylation is 2. The van der Waals surface area contributed by atoms with Crippen molar-refractivity contribution < 1.29 is 9.90 Å². The molecule has 0 aliphatic heterocycles. The third-order valence-corrected chi connectivity index (χ3v) is 4.20. The maximum absolute atomic E-state index is 11.5. The Morgan fingerprint density at radius 2 is 1.81 bits per heavy atom. The molecule has 2 nitrogen and oxygen atoms in total. The van der Waals surface area contributed by atoms with E-state index in [-0.39, 0.29) is 0 Å². The van der Waals surface area contributed by atoms with E-state index in [0.717, 1.165) is 11.1 Å². The highest BCUT2D eigenvalue weighted by Crippen LogP contribution is 2.22. The summed E-state index contributed by atoms with van der Waals surface area (Å²) in [4.78, 5) is 11.5. The smallest absolute Gasteiger partial charge is 0.307 e. The average Bonchev–Trinajstić information content (AvgIpc) is 2.44. The predicted molar refractivity (Wildman–Crippen MR) is 85.9 cm³/mol. The first kappa shape index (κ1) is 15.6. The van der Waals surface area contributed by atoms with E-state index in [1.54, 1.807) is 6.07 Å². The number of carboxylic acids is 1. The van der Waals surface area contributed by atoms with Crippen molar-refractivity contribution in [1.82, 2.24) is 0 Å². The minimum atomic E-state index is -0.784. The van der Waals surface area contributed by atoms with Gasteiger partial charge in [-0.1, -0.05) is 48.0 Å². The molecule has 2 aromatic rings. The maximum atomic E-state index is 11.5. The Bertz CT molecular complexity index is 649. The topological polar surface area (TPSA) is 37.3 Å². The van der Waals surface area contributed by atoms with E-state index < -0.39 is 11.9 Å². The van der Waals surface area contributed by atoms with Crippen molar-refractivity contribution in [2.24, 2.45) is 5.92 Å². The predicted octanol–water partition coefficient (Wildman–Crippen LogP) is 4.44. The molecule has 0 radical (unpaired) electrons. The molecule has 1 N–H and O–H groups in total. The fourth-order valence-corrected chi connectivity index (χ4v) is 2.60. The van der Waals surface area contributed by atoms with Gasteiger partial charge < -0.3 is 5.11 Å². The number of carbonyl (C=O) groups is 1. The molecule has 3 heteroatoms. The lowest BCUT2D eigenvalue weighted by molar-refractivity contribution is -0.141. The Morgan fingerprint density at radius 3 is 2.43 bits per heavy atom. The van der Waals surface area contributed by atoms with Crippen LogP contribution < -0.4 is 0 Å². The molecule has 0 aliphatic rings. The van der Waals surface area contributed by atoms with E-state index in [9.17, 15) is 9.90 Å². The van der Waals surface area contributed by atoms with E-state index in [4.69, 9.17) is 11.6 Å². The molecule has 0 aromatic heterocycles. The number of rotatable bonds is 5. The normalized spacial score (nSPS) is 12.1. The third-order valence-electron chi connectivity index (χ3n) is 3.83. The van der Waals surface area contributed by atoms with E-state index in [1.165, 1.54) is 11.1 Å². The summed E-state index contributed by atoms with van der Waals surface area (Å²) in [5.74, 6) is -1.25. The number of halogens is 1. The van der Waals surface area contributed by atoms with Gasteiger partial charge >= 0.3 is 5.97 Å². The molecule has 1 atom stereocenters. The largest absolute Gasteiger partial charge is 0.481 e. The minimum Gasteiger partial charge on any atom is -0.481 e. The van der Waals surface area contributed by atoms with E-state index >= 15 is 0 Å². The monoisotopic (exact) mass is 302 g/mol. The van der Waals surface area contributed by atoms with Gasteiger partial charge in [-0.15, -0.1) is 0 Å². The quantitative estimate of drug-likeness (QED) is 0.886. The van der Waals surface area contributed by atoms with Crippen molar-refractivity contribution in [1.29, 1.82) is 0 Å². The lowest BCUT2D eigenvalue weighted by Crippen LogP contribution is -2.19. The molecular formula is C18H19ClO2. The summed E-state index contributed by atoms with van der Waals surface area (Å²) in [5.41, 5.74) is 4.35. The van der Waals surface area contributed by atoms with Gasteiger partial charge in [0.1, 0.15) is 0 Å².